The molecule has 1 aliphatic heterocycles. The first-order valence-corrected chi connectivity index (χ1v) is 4.74. The molecule has 0 radical (unpaired) electrons. The molecule has 0 saturated heterocycles. The minimum atomic E-state index is -0.301. The molecule has 0 aliphatic carbocycles. The van der Waals surface area contributed by atoms with E-state index < -0.39 is 0 Å². The van der Waals surface area contributed by atoms with Gasteiger partial charge in [-0.3, -0.25) is 9.59 Å². The zero-order chi connectivity index (χ0) is 11.7. The molecule has 2 rings (SSSR count). The molecule has 0 bridgehead atoms. The fourth-order valence-electron chi connectivity index (χ4n) is 1.65. The lowest BCUT2D eigenvalue weighted by Crippen LogP contribution is -2.24. The van der Waals surface area contributed by atoms with Crippen molar-refractivity contribution >= 4 is 17.4 Å². The standard InChI is InChI=1S/C11H11NO4/c1-15-9-3-6-7(4-10(9)16-2)12-11(14)5-8(6)13/h3-4H,5H2,1-2H3,(H,12,14). The summed E-state index contributed by atoms with van der Waals surface area (Å²) < 4.78 is 10.2. The summed E-state index contributed by atoms with van der Waals surface area (Å²) in [7, 11) is 2.99. The number of nitrogens with one attached hydrogen (secondary N) is 1. The van der Waals surface area contributed by atoms with E-state index in [2.05, 4.69) is 5.32 Å². The van der Waals surface area contributed by atoms with Gasteiger partial charge in [0.15, 0.2) is 17.3 Å². The van der Waals surface area contributed by atoms with Gasteiger partial charge in [-0.15, -0.1) is 0 Å². The number of methoxy groups -OCH3 is 2. The van der Waals surface area contributed by atoms with Crippen LogP contribution in [-0.4, -0.2) is 25.9 Å². The quantitative estimate of drug-likeness (QED) is 0.763. The normalized spacial score (nSPS) is 14.1. The number of ketones is 1. The first-order chi connectivity index (χ1) is 7.65. The van der Waals surface area contributed by atoms with Gasteiger partial charge in [0, 0.05) is 11.6 Å². The molecule has 0 saturated carbocycles. The van der Waals surface area contributed by atoms with E-state index in [1.807, 2.05) is 0 Å². The summed E-state index contributed by atoms with van der Waals surface area (Å²) in [6, 6.07) is 3.17. The monoisotopic (exact) mass is 221 g/mol. The largest absolute Gasteiger partial charge is 0.493 e. The second kappa shape index (κ2) is 3.84. The maximum absolute atomic E-state index is 11.6. The summed E-state index contributed by atoms with van der Waals surface area (Å²) >= 11 is 0. The smallest absolute Gasteiger partial charge is 0.232 e. The maximum Gasteiger partial charge on any atom is 0.232 e. The first kappa shape index (κ1) is 10.5. The zero-order valence-electron chi connectivity index (χ0n) is 8.99. The first-order valence-electron chi connectivity index (χ1n) is 4.74. The number of benzene rings is 1. The highest BCUT2D eigenvalue weighted by Crippen LogP contribution is 2.35. The molecule has 1 amide bonds. The van der Waals surface area contributed by atoms with Crippen LogP contribution in [0, 0.1) is 0 Å². The number of ether oxygens (including phenoxy) is 2. The molecular weight excluding hydrogens is 210 g/mol. The Kier molecular flexibility index (Phi) is 2.52. The van der Waals surface area contributed by atoms with E-state index in [4.69, 9.17) is 9.47 Å². The van der Waals surface area contributed by atoms with Gasteiger partial charge in [-0.25, -0.2) is 0 Å². The van der Waals surface area contributed by atoms with Crippen LogP contribution in [0.3, 0.4) is 0 Å². The second-order valence-corrected chi connectivity index (χ2v) is 3.40. The number of amides is 1. The molecule has 5 nitrogen and oxygen atoms in total. The molecule has 84 valence electrons. The summed E-state index contributed by atoms with van der Waals surface area (Å²) in [6.45, 7) is 0. The molecule has 0 aromatic heterocycles. The van der Waals surface area contributed by atoms with Crippen molar-refractivity contribution in [2.24, 2.45) is 0 Å². The molecule has 0 spiro atoms. The van der Waals surface area contributed by atoms with E-state index in [0.717, 1.165) is 0 Å². The molecule has 0 atom stereocenters. The van der Waals surface area contributed by atoms with Crippen LogP contribution >= 0.6 is 0 Å². The van der Waals surface area contributed by atoms with Gasteiger partial charge in [0.1, 0.15) is 0 Å². The Morgan fingerprint density at radius 3 is 2.38 bits per heavy atom. The zero-order valence-corrected chi connectivity index (χ0v) is 8.99. The second-order valence-electron chi connectivity index (χ2n) is 3.40. The van der Waals surface area contributed by atoms with E-state index in [-0.39, 0.29) is 18.1 Å². The van der Waals surface area contributed by atoms with Gasteiger partial charge in [-0.1, -0.05) is 0 Å². The van der Waals surface area contributed by atoms with Crippen molar-refractivity contribution in [2.45, 2.75) is 6.42 Å². The highest BCUT2D eigenvalue weighted by Gasteiger charge is 2.24. The number of hydrogen-bond acceptors (Lipinski definition) is 4. The third-order valence-corrected chi connectivity index (χ3v) is 2.42. The summed E-state index contributed by atoms with van der Waals surface area (Å²) in [6.07, 6.45) is -0.123. The number of Topliss-reactive ketones (excluding diaryl/α,β-unsaturated/α-hetero) is 1. The van der Waals surface area contributed by atoms with Crippen molar-refractivity contribution in [2.75, 3.05) is 19.5 Å². The summed E-state index contributed by atoms with van der Waals surface area (Å²) in [5, 5.41) is 2.62. The predicted octanol–water partition coefficient (Wildman–Crippen LogP) is 1.23. The lowest BCUT2D eigenvalue weighted by atomic mass is 10.0. The van der Waals surface area contributed by atoms with Crippen molar-refractivity contribution in [3.05, 3.63) is 17.7 Å². The average Bonchev–Trinajstić information content (AvgIpc) is 2.27. The highest BCUT2D eigenvalue weighted by atomic mass is 16.5. The Labute approximate surface area is 92.4 Å². The van der Waals surface area contributed by atoms with E-state index in [9.17, 15) is 9.59 Å². The fourth-order valence-corrected chi connectivity index (χ4v) is 1.65. The van der Waals surface area contributed by atoms with E-state index in [1.165, 1.54) is 14.2 Å². The van der Waals surface area contributed by atoms with Gasteiger partial charge in [-0.2, -0.15) is 0 Å². The molecule has 5 heteroatoms. The van der Waals surface area contributed by atoms with E-state index >= 15 is 0 Å². The van der Waals surface area contributed by atoms with Gasteiger partial charge in [0.25, 0.3) is 0 Å². The highest BCUT2D eigenvalue weighted by molar-refractivity contribution is 6.19. The summed E-state index contributed by atoms with van der Waals surface area (Å²) in [4.78, 5) is 22.8. The Balaban J connectivity index is 2.56. The SMILES string of the molecule is COc1cc2c(cc1OC)C(=O)CC(=O)N2. The molecule has 16 heavy (non-hydrogen) atoms. The molecule has 1 aromatic rings. The number of carbonyl (C=O) groups excluding carboxylic acids is 2. The van der Waals surface area contributed by atoms with Gasteiger partial charge >= 0.3 is 0 Å². The van der Waals surface area contributed by atoms with Crippen molar-refractivity contribution < 1.29 is 19.1 Å². The topological polar surface area (TPSA) is 64.6 Å². The van der Waals surface area contributed by atoms with Gasteiger partial charge in [-0.05, 0) is 6.07 Å². The Morgan fingerprint density at radius 1 is 1.12 bits per heavy atom. The van der Waals surface area contributed by atoms with Crippen LogP contribution in [0.4, 0.5) is 5.69 Å². The Hall–Kier alpha value is -2.04. The van der Waals surface area contributed by atoms with Crippen molar-refractivity contribution in [1.82, 2.24) is 0 Å². The van der Waals surface area contributed by atoms with Crippen LogP contribution in [0.15, 0.2) is 12.1 Å². The summed E-state index contributed by atoms with van der Waals surface area (Å²) in [5.74, 6) is 0.450. The van der Waals surface area contributed by atoms with E-state index in [0.29, 0.717) is 22.7 Å². The number of rotatable bonds is 2. The molecular formula is C11H11NO4. The fraction of sp³-hybridized carbons (Fsp3) is 0.273. The molecule has 1 aliphatic rings. The van der Waals surface area contributed by atoms with Crippen molar-refractivity contribution in [3.63, 3.8) is 0 Å². The minimum absolute atomic E-state index is 0.123. The minimum Gasteiger partial charge on any atom is -0.493 e. The molecule has 1 heterocycles. The molecule has 0 fully saturated rings. The van der Waals surface area contributed by atoms with Crippen LogP contribution in [0.25, 0.3) is 0 Å². The third kappa shape index (κ3) is 1.60. The molecule has 0 unspecified atom stereocenters. The van der Waals surface area contributed by atoms with Crippen LogP contribution in [0.2, 0.25) is 0 Å². The predicted molar refractivity (Wildman–Crippen MR) is 57.1 cm³/mol. The molecule has 1 N–H and O–H groups in total. The van der Waals surface area contributed by atoms with Crippen molar-refractivity contribution in [1.29, 1.82) is 0 Å². The van der Waals surface area contributed by atoms with E-state index in [1.54, 1.807) is 12.1 Å². The van der Waals surface area contributed by atoms with Crippen molar-refractivity contribution in [3.8, 4) is 11.5 Å². The van der Waals surface area contributed by atoms with Crippen LogP contribution in [0.1, 0.15) is 16.8 Å². The summed E-state index contributed by atoms with van der Waals surface area (Å²) in [5.41, 5.74) is 0.927. The maximum atomic E-state index is 11.6. The van der Waals surface area contributed by atoms with Gasteiger partial charge in [0.2, 0.25) is 5.91 Å². The third-order valence-electron chi connectivity index (χ3n) is 2.42. The van der Waals surface area contributed by atoms with Gasteiger partial charge in [0.05, 0.1) is 26.3 Å². The number of anilines is 1. The molecule has 1 aromatic carbocycles. The van der Waals surface area contributed by atoms with Crippen LogP contribution in [-0.2, 0) is 4.79 Å². The lowest BCUT2D eigenvalue weighted by Gasteiger charge is -2.18. The number of fused-ring (bicyclic) bond motifs is 1. The van der Waals surface area contributed by atoms with Gasteiger partial charge < -0.3 is 14.8 Å². The van der Waals surface area contributed by atoms with Crippen LogP contribution < -0.4 is 14.8 Å². The average molecular weight is 221 g/mol. The number of hydrogen-bond donors (Lipinski definition) is 1. The lowest BCUT2D eigenvalue weighted by molar-refractivity contribution is -0.115. The Morgan fingerprint density at radius 2 is 1.75 bits per heavy atom. The Bertz CT molecular complexity index is 467. The van der Waals surface area contributed by atoms with Crippen LogP contribution in [0.5, 0.6) is 11.5 Å². The number of carbonyl (C=O) groups is 2.